The van der Waals surface area contributed by atoms with Crippen molar-refractivity contribution in [1.29, 1.82) is 10.5 Å². The second-order valence-electron chi connectivity index (χ2n) is 10.7. The maximum absolute atomic E-state index is 9.78. The number of rotatable bonds is 2. The minimum Gasteiger partial charge on any atom is -0.456 e. The molecule has 0 atom stereocenters. The third-order valence-corrected chi connectivity index (χ3v) is 8.07. The highest BCUT2D eigenvalue weighted by atomic mass is 16.3. The number of hydrogen-bond acceptors (Lipinski definition) is 4. The Balaban J connectivity index is 1.56. The molecule has 0 fully saturated rings. The summed E-state index contributed by atoms with van der Waals surface area (Å²) in [5, 5.41) is 23.6. The highest BCUT2D eigenvalue weighted by Crippen LogP contribution is 2.50. The van der Waals surface area contributed by atoms with Gasteiger partial charge in [0.1, 0.15) is 11.2 Å². The number of anilines is 2. The van der Waals surface area contributed by atoms with Crippen LogP contribution in [-0.4, -0.2) is 10.6 Å². The van der Waals surface area contributed by atoms with Gasteiger partial charge in [-0.25, -0.2) is 0 Å². The summed E-state index contributed by atoms with van der Waals surface area (Å²) in [7, 11) is 0. The first kappa shape index (κ1) is 22.5. The standard InChI is InChI=1S/C35H22N4O/c1-20(2)38-29-12-9-22(19-37)13-31(29)39-30-17-34-27(25-5-3-4-6-33(25)40-34)16-26(30)28-14-24(15-32(38)35(28)39)23-10-7-21(18-36)8-11-23/h3-17,20H,1-2H3. The van der Waals surface area contributed by atoms with Gasteiger partial charge in [0, 0.05) is 33.7 Å². The maximum Gasteiger partial charge on any atom is 0.137 e. The van der Waals surface area contributed by atoms with Gasteiger partial charge in [0.05, 0.1) is 51.4 Å². The van der Waals surface area contributed by atoms with Crippen LogP contribution in [0.4, 0.5) is 11.4 Å². The Morgan fingerprint density at radius 3 is 2.17 bits per heavy atom. The van der Waals surface area contributed by atoms with E-state index in [1.807, 2.05) is 54.6 Å². The average Bonchev–Trinajstić information content (AvgIpc) is 3.51. The summed E-state index contributed by atoms with van der Waals surface area (Å²) < 4.78 is 8.60. The number of aromatic nitrogens is 1. The van der Waals surface area contributed by atoms with Crippen LogP contribution < -0.4 is 4.90 Å². The number of benzene rings is 5. The fourth-order valence-corrected chi connectivity index (χ4v) is 6.34. The van der Waals surface area contributed by atoms with E-state index in [1.54, 1.807) is 0 Å². The Bertz CT molecular complexity index is 2270. The zero-order chi connectivity index (χ0) is 27.1. The first-order valence-corrected chi connectivity index (χ1v) is 13.3. The summed E-state index contributed by atoms with van der Waals surface area (Å²) in [6.45, 7) is 4.39. The Kier molecular flexibility index (Phi) is 4.49. The van der Waals surface area contributed by atoms with E-state index in [1.165, 1.54) is 0 Å². The molecule has 0 aliphatic carbocycles. The minimum atomic E-state index is 0.179. The number of nitriles is 2. The molecule has 5 aromatic carbocycles. The van der Waals surface area contributed by atoms with Crippen molar-refractivity contribution in [3.8, 4) is 29.0 Å². The first-order valence-electron chi connectivity index (χ1n) is 13.3. The van der Waals surface area contributed by atoms with Gasteiger partial charge < -0.3 is 13.9 Å². The van der Waals surface area contributed by atoms with Crippen LogP contribution in [0.2, 0.25) is 0 Å². The molecular weight excluding hydrogens is 492 g/mol. The molecule has 0 spiro atoms. The smallest absolute Gasteiger partial charge is 0.137 e. The summed E-state index contributed by atoms with van der Waals surface area (Å²) in [5.74, 6) is 0. The number of fused-ring (bicyclic) bond motifs is 8. The van der Waals surface area contributed by atoms with Crippen LogP contribution in [0.5, 0.6) is 0 Å². The molecule has 40 heavy (non-hydrogen) atoms. The fourth-order valence-electron chi connectivity index (χ4n) is 6.34. The Morgan fingerprint density at radius 1 is 0.625 bits per heavy atom. The second kappa shape index (κ2) is 7.99. The third kappa shape index (κ3) is 2.95. The van der Waals surface area contributed by atoms with Gasteiger partial charge in [-0.05, 0) is 79.6 Å². The summed E-state index contributed by atoms with van der Waals surface area (Å²) in [6, 6.07) is 35.5. The molecule has 7 aromatic rings. The third-order valence-electron chi connectivity index (χ3n) is 8.07. The summed E-state index contributed by atoms with van der Waals surface area (Å²) in [4.78, 5) is 2.37. The van der Waals surface area contributed by atoms with Crippen LogP contribution in [0.1, 0.15) is 25.0 Å². The van der Waals surface area contributed by atoms with E-state index in [4.69, 9.17) is 4.42 Å². The van der Waals surface area contributed by atoms with Crippen LogP contribution in [0.3, 0.4) is 0 Å². The van der Waals surface area contributed by atoms with Gasteiger partial charge in [0.15, 0.2) is 0 Å². The van der Waals surface area contributed by atoms with E-state index in [0.29, 0.717) is 11.1 Å². The topological polar surface area (TPSA) is 68.9 Å². The van der Waals surface area contributed by atoms with Crippen LogP contribution in [0.25, 0.3) is 60.6 Å². The molecule has 0 N–H and O–H groups in total. The van der Waals surface area contributed by atoms with Gasteiger partial charge in [-0.15, -0.1) is 0 Å². The highest BCUT2D eigenvalue weighted by molar-refractivity contribution is 6.21. The predicted octanol–water partition coefficient (Wildman–Crippen LogP) is 8.95. The molecule has 0 unspecified atom stereocenters. The molecule has 188 valence electrons. The molecule has 1 aliphatic heterocycles. The molecule has 0 radical (unpaired) electrons. The van der Waals surface area contributed by atoms with Crippen molar-refractivity contribution >= 4 is 55.1 Å². The van der Waals surface area contributed by atoms with Gasteiger partial charge in [-0.2, -0.15) is 10.5 Å². The molecular formula is C35H22N4O. The molecule has 5 heteroatoms. The summed E-state index contributed by atoms with van der Waals surface area (Å²) >= 11 is 0. The lowest BCUT2D eigenvalue weighted by atomic mass is 9.98. The van der Waals surface area contributed by atoms with Crippen molar-refractivity contribution in [1.82, 2.24) is 4.57 Å². The second-order valence-corrected chi connectivity index (χ2v) is 10.7. The van der Waals surface area contributed by atoms with Gasteiger partial charge in [-0.1, -0.05) is 30.3 Å². The Labute approximate surface area is 230 Å². The van der Waals surface area contributed by atoms with Crippen LogP contribution in [0, 0.1) is 22.7 Å². The van der Waals surface area contributed by atoms with E-state index in [9.17, 15) is 10.5 Å². The Hall–Kier alpha value is -5.52. The van der Waals surface area contributed by atoms with Gasteiger partial charge in [-0.3, -0.25) is 0 Å². The predicted molar refractivity (Wildman–Crippen MR) is 160 cm³/mol. The molecule has 2 aromatic heterocycles. The van der Waals surface area contributed by atoms with Crippen LogP contribution in [-0.2, 0) is 0 Å². The number of nitrogens with zero attached hydrogens (tertiary/aromatic N) is 4. The van der Waals surface area contributed by atoms with Crippen molar-refractivity contribution in [3.63, 3.8) is 0 Å². The zero-order valence-corrected chi connectivity index (χ0v) is 21.9. The molecule has 5 nitrogen and oxygen atoms in total. The number of hydrogen-bond donors (Lipinski definition) is 0. The highest BCUT2D eigenvalue weighted by Gasteiger charge is 2.30. The minimum absolute atomic E-state index is 0.179. The van der Waals surface area contributed by atoms with E-state index < -0.39 is 0 Å². The molecule has 0 saturated carbocycles. The van der Waals surface area contributed by atoms with Crippen molar-refractivity contribution in [2.24, 2.45) is 0 Å². The lowest BCUT2D eigenvalue weighted by Crippen LogP contribution is -2.29. The maximum atomic E-state index is 9.78. The monoisotopic (exact) mass is 514 g/mol. The summed E-state index contributed by atoms with van der Waals surface area (Å²) in [5.41, 5.74) is 10.4. The number of furan rings is 1. The first-order chi connectivity index (χ1) is 19.6. The van der Waals surface area contributed by atoms with Gasteiger partial charge in [0.2, 0.25) is 0 Å². The molecule has 0 saturated heterocycles. The SMILES string of the molecule is CC(C)N1c2ccc(C#N)cc2-n2c3cc4oc5ccccc5c4cc3c3cc(-c4ccc(C#N)cc4)cc1c32. The van der Waals surface area contributed by atoms with E-state index in [-0.39, 0.29) is 6.04 Å². The molecule has 1 aliphatic rings. The van der Waals surface area contributed by atoms with Crippen LogP contribution >= 0.6 is 0 Å². The largest absolute Gasteiger partial charge is 0.456 e. The van der Waals surface area contributed by atoms with Crippen molar-refractivity contribution in [2.75, 3.05) is 4.90 Å². The molecule has 3 heterocycles. The van der Waals surface area contributed by atoms with Gasteiger partial charge >= 0.3 is 0 Å². The normalized spacial score (nSPS) is 12.4. The van der Waals surface area contributed by atoms with E-state index in [0.717, 1.165) is 71.9 Å². The quantitative estimate of drug-likeness (QED) is 0.231. The lowest BCUT2D eigenvalue weighted by molar-refractivity contribution is 0.669. The molecule has 0 amide bonds. The fraction of sp³-hybridized carbons (Fsp3) is 0.0857. The van der Waals surface area contributed by atoms with E-state index >= 15 is 0 Å². The number of para-hydroxylation sites is 1. The molecule has 8 rings (SSSR count). The lowest BCUT2D eigenvalue weighted by Gasteiger charge is -2.36. The summed E-state index contributed by atoms with van der Waals surface area (Å²) in [6.07, 6.45) is 0. The average molecular weight is 515 g/mol. The van der Waals surface area contributed by atoms with Crippen molar-refractivity contribution < 1.29 is 4.42 Å². The van der Waals surface area contributed by atoms with Gasteiger partial charge in [0.25, 0.3) is 0 Å². The Morgan fingerprint density at radius 2 is 1.40 bits per heavy atom. The van der Waals surface area contributed by atoms with E-state index in [2.05, 4.69) is 71.9 Å². The molecule has 0 bridgehead atoms. The van der Waals surface area contributed by atoms with Crippen molar-refractivity contribution in [2.45, 2.75) is 19.9 Å². The zero-order valence-electron chi connectivity index (χ0n) is 21.9. The van der Waals surface area contributed by atoms with Crippen molar-refractivity contribution in [3.05, 3.63) is 102 Å². The van der Waals surface area contributed by atoms with Crippen LogP contribution in [0.15, 0.2) is 95.4 Å².